The van der Waals surface area contributed by atoms with Crippen molar-refractivity contribution in [1.82, 2.24) is 9.78 Å². The molecule has 1 heterocycles. The van der Waals surface area contributed by atoms with Crippen LogP contribution < -0.4 is 0 Å². The van der Waals surface area contributed by atoms with E-state index in [-0.39, 0.29) is 6.04 Å². The zero-order chi connectivity index (χ0) is 13.3. The molecule has 0 radical (unpaired) electrons. The lowest BCUT2D eigenvalue weighted by Gasteiger charge is -2.04. The lowest BCUT2D eigenvalue weighted by Crippen LogP contribution is -2.00. The minimum absolute atomic E-state index is 0.201. The van der Waals surface area contributed by atoms with Gasteiger partial charge in [0.1, 0.15) is 5.69 Å². The molecule has 2 aromatic rings. The third-order valence-electron chi connectivity index (χ3n) is 2.60. The molecule has 0 unspecified atom stereocenters. The first kappa shape index (κ1) is 13.3. The Morgan fingerprint density at radius 2 is 2.17 bits per heavy atom. The van der Waals surface area contributed by atoms with E-state index in [4.69, 9.17) is 11.6 Å². The lowest BCUT2D eigenvalue weighted by molar-refractivity contribution is 0.112. The highest BCUT2D eigenvalue weighted by Gasteiger charge is 2.14. The Kier molecular flexibility index (Phi) is 3.88. The number of nitrogens with zero attached hydrogens (tertiary/aromatic N) is 2. The van der Waals surface area contributed by atoms with Crippen LogP contribution in [0, 0.1) is 0 Å². The molecular formula is C13H12BrClN2O. The van der Waals surface area contributed by atoms with Crippen molar-refractivity contribution in [2.24, 2.45) is 0 Å². The number of hydrogen-bond acceptors (Lipinski definition) is 2. The van der Waals surface area contributed by atoms with Gasteiger partial charge in [-0.25, -0.2) is 0 Å². The van der Waals surface area contributed by atoms with E-state index in [2.05, 4.69) is 21.0 Å². The van der Waals surface area contributed by atoms with E-state index >= 15 is 0 Å². The van der Waals surface area contributed by atoms with Crippen LogP contribution in [-0.4, -0.2) is 16.1 Å². The molecule has 0 aliphatic carbocycles. The third kappa shape index (κ3) is 2.49. The monoisotopic (exact) mass is 326 g/mol. The molecule has 0 fully saturated rings. The van der Waals surface area contributed by atoms with E-state index < -0.39 is 0 Å². The van der Waals surface area contributed by atoms with Crippen molar-refractivity contribution in [2.45, 2.75) is 19.9 Å². The molecule has 5 heteroatoms. The molecule has 0 saturated heterocycles. The quantitative estimate of drug-likeness (QED) is 0.785. The molecule has 94 valence electrons. The van der Waals surface area contributed by atoms with E-state index in [0.717, 1.165) is 16.3 Å². The van der Waals surface area contributed by atoms with Gasteiger partial charge in [-0.2, -0.15) is 5.10 Å². The average Bonchev–Trinajstić information content (AvgIpc) is 2.73. The van der Waals surface area contributed by atoms with E-state index in [1.165, 1.54) is 0 Å². The van der Waals surface area contributed by atoms with Crippen molar-refractivity contribution in [3.05, 3.63) is 39.5 Å². The molecule has 1 aromatic heterocycles. The Hall–Kier alpha value is -1.13. The number of halogens is 2. The van der Waals surface area contributed by atoms with Crippen LogP contribution in [0.2, 0.25) is 5.02 Å². The van der Waals surface area contributed by atoms with Gasteiger partial charge < -0.3 is 0 Å². The largest absolute Gasteiger partial charge is 0.298 e. The average molecular weight is 328 g/mol. The predicted octanol–water partition coefficient (Wildman–Crippen LogP) is 4.36. The van der Waals surface area contributed by atoms with Crippen LogP contribution in [0.5, 0.6) is 0 Å². The number of benzene rings is 1. The highest BCUT2D eigenvalue weighted by Crippen LogP contribution is 2.31. The van der Waals surface area contributed by atoms with E-state index in [1.807, 2.05) is 26.0 Å². The summed E-state index contributed by atoms with van der Waals surface area (Å²) in [6.45, 7) is 4.02. The summed E-state index contributed by atoms with van der Waals surface area (Å²) in [6.07, 6.45) is 2.55. The number of rotatable bonds is 3. The SMILES string of the molecule is CC(C)n1cc(C=O)c(-c2ccc(Br)cc2Cl)n1. The van der Waals surface area contributed by atoms with Crippen molar-refractivity contribution in [1.29, 1.82) is 0 Å². The van der Waals surface area contributed by atoms with Crippen LogP contribution >= 0.6 is 27.5 Å². The van der Waals surface area contributed by atoms with Gasteiger partial charge in [0.2, 0.25) is 0 Å². The maximum atomic E-state index is 11.1. The lowest BCUT2D eigenvalue weighted by atomic mass is 10.1. The van der Waals surface area contributed by atoms with Gasteiger partial charge >= 0.3 is 0 Å². The van der Waals surface area contributed by atoms with Gasteiger partial charge in [0.15, 0.2) is 6.29 Å². The normalized spacial score (nSPS) is 10.9. The molecule has 0 aliphatic rings. The summed E-state index contributed by atoms with van der Waals surface area (Å²) in [4.78, 5) is 11.1. The molecule has 18 heavy (non-hydrogen) atoms. The molecule has 0 spiro atoms. The second kappa shape index (κ2) is 5.24. The Bertz CT molecular complexity index is 593. The van der Waals surface area contributed by atoms with Crippen molar-refractivity contribution < 1.29 is 4.79 Å². The Balaban J connectivity index is 2.59. The Labute approximate surface area is 119 Å². The van der Waals surface area contributed by atoms with Crippen molar-refractivity contribution in [3.63, 3.8) is 0 Å². The fraction of sp³-hybridized carbons (Fsp3) is 0.231. The molecule has 2 rings (SSSR count). The van der Waals surface area contributed by atoms with E-state index in [9.17, 15) is 4.79 Å². The van der Waals surface area contributed by atoms with Crippen LogP contribution in [0.25, 0.3) is 11.3 Å². The van der Waals surface area contributed by atoms with Gasteiger partial charge in [0.25, 0.3) is 0 Å². The Morgan fingerprint density at radius 1 is 1.44 bits per heavy atom. The number of aromatic nitrogens is 2. The number of carbonyl (C=O) groups excluding carboxylic acids is 1. The zero-order valence-corrected chi connectivity index (χ0v) is 12.4. The van der Waals surface area contributed by atoms with Gasteiger partial charge in [-0.15, -0.1) is 0 Å². The summed E-state index contributed by atoms with van der Waals surface area (Å²) in [6, 6.07) is 5.72. The topological polar surface area (TPSA) is 34.9 Å². The summed E-state index contributed by atoms with van der Waals surface area (Å²) in [7, 11) is 0. The van der Waals surface area contributed by atoms with Crippen molar-refractivity contribution in [2.75, 3.05) is 0 Å². The molecule has 0 aliphatic heterocycles. The highest BCUT2D eigenvalue weighted by atomic mass is 79.9. The van der Waals surface area contributed by atoms with Crippen molar-refractivity contribution in [3.8, 4) is 11.3 Å². The van der Waals surface area contributed by atoms with Crippen LogP contribution in [0.15, 0.2) is 28.9 Å². The number of carbonyl (C=O) groups is 1. The van der Waals surface area contributed by atoms with Crippen LogP contribution in [0.4, 0.5) is 0 Å². The molecule has 0 N–H and O–H groups in total. The molecule has 3 nitrogen and oxygen atoms in total. The summed E-state index contributed by atoms with van der Waals surface area (Å²) < 4.78 is 2.66. The summed E-state index contributed by atoms with van der Waals surface area (Å²) in [5, 5.41) is 5.00. The molecule has 0 bridgehead atoms. The summed E-state index contributed by atoms with van der Waals surface area (Å²) in [5.74, 6) is 0. The first-order valence-electron chi connectivity index (χ1n) is 5.52. The predicted molar refractivity (Wildman–Crippen MR) is 76.1 cm³/mol. The van der Waals surface area contributed by atoms with Crippen LogP contribution in [-0.2, 0) is 0 Å². The Morgan fingerprint density at radius 3 is 2.72 bits per heavy atom. The second-order valence-corrected chi connectivity index (χ2v) is 5.57. The third-order valence-corrected chi connectivity index (χ3v) is 3.41. The second-order valence-electron chi connectivity index (χ2n) is 4.25. The maximum absolute atomic E-state index is 11.1. The van der Waals surface area contributed by atoms with Gasteiger partial charge in [0, 0.05) is 22.3 Å². The molecule has 1 aromatic carbocycles. The zero-order valence-electron chi connectivity index (χ0n) is 10.0. The number of hydrogen-bond donors (Lipinski definition) is 0. The molecule has 0 amide bonds. The molecular weight excluding hydrogens is 316 g/mol. The van der Waals surface area contributed by atoms with E-state index in [0.29, 0.717) is 16.3 Å². The first-order chi connectivity index (χ1) is 8.52. The standard InChI is InChI=1S/C13H12BrClN2O/c1-8(2)17-6-9(7-18)13(16-17)11-4-3-10(14)5-12(11)15/h3-8H,1-2H3. The van der Waals surface area contributed by atoms with Crippen LogP contribution in [0.1, 0.15) is 30.2 Å². The van der Waals surface area contributed by atoms with Crippen LogP contribution in [0.3, 0.4) is 0 Å². The smallest absolute Gasteiger partial charge is 0.153 e. The summed E-state index contributed by atoms with van der Waals surface area (Å²) >= 11 is 9.54. The van der Waals surface area contributed by atoms with Gasteiger partial charge in [-0.1, -0.05) is 33.6 Å². The van der Waals surface area contributed by atoms with E-state index in [1.54, 1.807) is 16.9 Å². The summed E-state index contributed by atoms with van der Waals surface area (Å²) in [5.41, 5.74) is 1.94. The first-order valence-corrected chi connectivity index (χ1v) is 6.69. The van der Waals surface area contributed by atoms with Gasteiger partial charge in [-0.3, -0.25) is 9.48 Å². The molecule has 0 saturated carbocycles. The fourth-order valence-corrected chi connectivity index (χ4v) is 2.41. The fourth-order valence-electron chi connectivity index (χ4n) is 1.65. The number of aldehydes is 1. The van der Waals surface area contributed by atoms with Gasteiger partial charge in [-0.05, 0) is 26.0 Å². The molecule has 0 atom stereocenters. The van der Waals surface area contributed by atoms with Crippen molar-refractivity contribution >= 4 is 33.8 Å². The minimum atomic E-state index is 0.201. The maximum Gasteiger partial charge on any atom is 0.153 e. The highest BCUT2D eigenvalue weighted by molar-refractivity contribution is 9.10. The van der Waals surface area contributed by atoms with Gasteiger partial charge in [0.05, 0.1) is 10.6 Å². The minimum Gasteiger partial charge on any atom is -0.298 e.